The van der Waals surface area contributed by atoms with E-state index in [9.17, 15) is 10.2 Å². The van der Waals surface area contributed by atoms with Crippen LogP contribution in [0.3, 0.4) is 0 Å². The topological polar surface area (TPSA) is 40.5 Å². The zero-order valence-corrected chi connectivity index (χ0v) is 25.0. The Kier molecular flexibility index (Phi) is 4.82. The van der Waals surface area contributed by atoms with Gasteiger partial charge in [0.1, 0.15) is 11.5 Å². The second-order valence-corrected chi connectivity index (χ2v) is 14.2. The molecule has 8 aromatic rings. The number of benzene rings is 8. The van der Waals surface area contributed by atoms with Crippen LogP contribution < -0.4 is 0 Å². The summed E-state index contributed by atoms with van der Waals surface area (Å²) in [5.74, 6) is 0.562. The molecule has 0 aliphatic carbocycles. The summed E-state index contributed by atoms with van der Waals surface area (Å²) in [7, 11) is 0. The van der Waals surface area contributed by atoms with E-state index in [2.05, 4.69) is 90.1 Å². The van der Waals surface area contributed by atoms with Crippen LogP contribution in [0, 0.1) is 0 Å². The van der Waals surface area contributed by atoms with Gasteiger partial charge in [-0.25, -0.2) is 0 Å². The molecular formula is C40H34O2. The van der Waals surface area contributed by atoms with Gasteiger partial charge in [-0.3, -0.25) is 0 Å². The predicted molar refractivity (Wildman–Crippen MR) is 181 cm³/mol. The SMILES string of the molecule is CC(C)(C)c1cc2c3ccc4ccc(O)cc4c3c3cc(C(C)(C)C)cc4c5ccc6ccc(O)cc6c5c(c1)c2c43. The summed E-state index contributed by atoms with van der Waals surface area (Å²) >= 11 is 0. The van der Waals surface area contributed by atoms with Crippen LogP contribution in [-0.4, -0.2) is 10.2 Å². The predicted octanol–water partition coefficient (Wildman–Crippen LogP) is 11.2. The lowest BCUT2D eigenvalue weighted by Crippen LogP contribution is -2.12. The van der Waals surface area contributed by atoms with Crippen LogP contribution in [-0.2, 0) is 10.8 Å². The van der Waals surface area contributed by atoms with Crippen LogP contribution in [0.1, 0.15) is 52.7 Å². The van der Waals surface area contributed by atoms with Gasteiger partial charge in [0.15, 0.2) is 0 Å². The summed E-state index contributed by atoms with van der Waals surface area (Å²) in [6, 6.07) is 29.9. The van der Waals surface area contributed by atoms with Gasteiger partial charge in [-0.2, -0.15) is 0 Å². The highest BCUT2D eigenvalue weighted by Crippen LogP contribution is 2.50. The molecule has 0 unspecified atom stereocenters. The van der Waals surface area contributed by atoms with Gasteiger partial charge in [0, 0.05) is 0 Å². The second kappa shape index (κ2) is 8.04. The van der Waals surface area contributed by atoms with Crippen molar-refractivity contribution < 1.29 is 10.2 Å². The van der Waals surface area contributed by atoms with Gasteiger partial charge in [-0.05, 0) is 146 Å². The first kappa shape index (κ1) is 25.2. The van der Waals surface area contributed by atoms with Crippen molar-refractivity contribution in [2.75, 3.05) is 0 Å². The molecule has 2 nitrogen and oxygen atoms in total. The first-order valence-corrected chi connectivity index (χ1v) is 14.8. The van der Waals surface area contributed by atoms with E-state index in [-0.39, 0.29) is 22.3 Å². The second-order valence-electron chi connectivity index (χ2n) is 14.2. The smallest absolute Gasteiger partial charge is 0.116 e. The Balaban J connectivity index is 1.80. The number of phenolic OH excluding ortho intramolecular Hbond substituents is 2. The van der Waals surface area contributed by atoms with Crippen LogP contribution in [0.5, 0.6) is 11.5 Å². The van der Waals surface area contributed by atoms with Crippen molar-refractivity contribution in [2.45, 2.75) is 52.4 Å². The minimum absolute atomic E-state index is 0.0651. The van der Waals surface area contributed by atoms with Gasteiger partial charge in [-0.1, -0.05) is 77.9 Å². The van der Waals surface area contributed by atoms with Crippen LogP contribution in [0.25, 0.3) is 75.4 Å². The summed E-state index contributed by atoms with van der Waals surface area (Å²) in [6.45, 7) is 13.7. The number of hydrogen-bond acceptors (Lipinski definition) is 2. The standard InChI is InChI=1S/C40H34O2/c1-39(2,3)23-15-31-27-13-9-22-8-12-26(42)20-30(22)36(27)34-18-24(40(4,5)6)16-32-28-14-10-21-7-11-25(41)19-29(21)35(28)33(17-23)37(31)38(32)34/h7-20,41-42H,1-6H3. The van der Waals surface area contributed by atoms with E-state index < -0.39 is 0 Å². The quantitative estimate of drug-likeness (QED) is 0.147. The maximum Gasteiger partial charge on any atom is 0.116 e. The molecule has 0 aliphatic heterocycles. The van der Waals surface area contributed by atoms with Gasteiger partial charge >= 0.3 is 0 Å². The summed E-state index contributed by atoms with van der Waals surface area (Å²) in [5, 5.41) is 37.9. The van der Waals surface area contributed by atoms with Crippen molar-refractivity contribution in [3.8, 4) is 11.5 Å². The molecule has 2 N–H and O–H groups in total. The summed E-state index contributed by atoms with van der Waals surface area (Å²) < 4.78 is 0. The lowest BCUT2D eigenvalue weighted by atomic mass is 9.77. The Bertz CT molecular complexity index is 2260. The third kappa shape index (κ3) is 3.38. The van der Waals surface area contributed by atoms with Crippen molar-refractivity contribution >= 4 is 75.4 Å². The Morgan fingerprint density at radius 2 is 0.714 bits per heavy atom. The van der Waals surface area contributed by atoms with E-state index in [0.29, 0.717) is 0 Å². The highest BCUT2D eigenvalue weighted by molar-refractivity contribution is 6.44. The molecule has 2 heteroatoms. The molecule has 8 aromatic carbocycles. The molecule has 0 saturated heterocycles. The average molecular weight is 547 g/mol. The molecule has 0 saturated carbocycles. The minimum Gasteiger partial charge on any atom is -0.508 e. The van der Waals surface area contributed by atoms with Crippen molar-refractivity contribution in [3.05, 3.63) is 96.1 Å². The number of phenols is 2. The Hall–Kier alpha value is -4.56. The molecule has 0 bridgehead atoms. The zero-order valence-electron chi connectivity index (χ0n) is 25.0. The molecule has 0 atom stereocenters. The molecule has 0 heterocycles. The maximum atomic E-state index is 10.7. The van der Waals surface area contributed by atoms with E-state index in [1.165, 1.54) is 65.0 Å². The number of fused-ring (bicyclic) bond motifs is 10. The van der Waals surface area contributed by atoms with Gasteiger partial charge in [0.05, 0.1) is 0 Å². The Morgan fingerprint density at radius 1 is 0.357 bits per heavy atom. The lowest BCUT2D eigenvalue weighted by Gasteiger charge is -2.26. The van der Waals surface area contributed by atoms with Crippen molar-refractivity contribution in [3.63, 3.8) is 0 Å². The summed E-state index contributed by atoms with van der Waals surface area (Å²) in [5.41, 5.74) is 2.42. The molecule has 0 fully saturated rings. The van der Waals surface area contributed by atoms with Gasteiger partial charge in [-0.15, -0.1) is 0 Å². The molecule has 0 spiro atoms. The van der Waals surface area contributed by atoms with Crippen molar-refractivity contribution in [1.29, 1.82) is 0 Å². The third-order valence-electron chi connectivity index (χ3n) is 9.39. The number of rotatable bonds is 0. The van der Waals surface area contributed by atoms with E-state index in [0.717, 1.165) is 21.5 Å². The van der Waals surface area contributed by atoms with Crippen molar-refractivity contribution in [2.24, 2.45) is 0 Å². The summed E-state index contributed by atoms with van der Waals surface area (Å²) in [6.07, 6.45) is 0. The molecule has 0 radical (unpaired) electrons. The fourth-order valence-corrected chi connectivity index (χ4v) is 7.15. The molecule has 0 amide bonds. The Labute approximate surface area is 245 Å². The summed E-state index contributed by atoms with van der Waals surface area (Å²) in [4.78, 5) is 0. The monoisotopic (exact) mass is 546 g/mol. The van der Waals surface area contributed by atoms with Crippen LogP contribution in [0.15, 0.2) is 84.9 Å². The first-order chi connectivity index (χ1) is 19.9. The average Bonchev–Trinajstić information content (AvgIpc) is 2.94. The molecule has 0 aromatic heterocycles. The van der Waals surface area contributed by atoms with E-state index in [4.69, 9.17) is 0 Å². The molecule has 206 valence electrons. The van der Waals surface area contributed by atoms with E-state index in [1.54, 1.807) is 12.1 Å². The van der Waals surface area contributed by atoms with Crippen LogP contribution in [0.4, 0.5) is 0 Å². The molecular weight excluding hydrogens is 512 g/mol. The van der Waals surface area contributed by atoms with E-state index >= 15 is 0 Å². The van der Waals surface area contributed by atoms with Crippen LogP contribution >= 0.6 is 0 Å². The van der Waals surface area contributed by atoms with Gasteiger partial charge in [0.25, 0.3) is 0 Å². The number of aromatic hydroxyl groups is 2. The maximum absolute atomic E-state index is 10.7. The molecule has 42 heavy (non-hydrogen) atoms. The highest BCUT2D eigenvalue weighted by Gasteiger charge is 2.25. The normalized spacial score (nSPS) is 13.2. The number of hydrogen-bond donors (Lipinski definition) is 2. The van der Waals surface area contributed by atoms with E-state index in [1.807, 2.05) is 24.3 Å². The fraction of sp³-hybridized carbons (Fsp3) is 0.200. The van der Waals surface area contributed by atoms with Crippen molar-refractivity contribution in [1.82, 2.24) is 0 Å². The van der Waals surface area contributed by atoms with Gasteiger partial charge in [0.2, 0.25) is 0 Å². The third-order valence-corrected chi connectivity index (χ3v) is 9.39. The fourth-order valence-electron chi connectivity index (χ4n) is 7.15. The minimum atomic E-state index is -0.0651. The zero-order chi connectivity index (χ0) is 29.3. The Morgan fingerprint density at radius 3 is 1.10 bits per heavy atom. The molecule has 0 aliphatic rings. The largest absolute Gasteiger partial charge is 0.508 e. The van der Waals surface area contributed by atoms with Gasteiger partial charge < -0.3 is 10.2 Å². The molecule has 8 rings (SSSR count). The lowest BCUT2D eigenvalue weighted by molar-refractivity contribution is 0.475. The van der Waals surface area contributed by atoms with Crippen LogP contribution in [0.2, 0.25) is 0 Å². The highest BCUT2D eigenvalue weighted by atomic mass is 16.3. The first-order valence-electron chi connectivity index (χ1n) is 14.8.